The van der Waals surface area contributed by atoms with E-state index in [-0.39, 0.29) is 35.3 Å². The third kappa shape index (κ3) is 9.02. The smallest absolute Gasteiger partial charge is 0.191 e. The van der Waals surface area contributed by atoms with E-state index >= 15 is 0 Å². The molecule has 0 heterocycles. The summed E-state index contributed by atoms with van der Waals surface area (Å²) in [6.07, 6.45) is 2.09. The number of nitrogens with one attached hydrogen (secondary N) is 2. The summed E-state index contributed by atoms with van der Waals surface area (Å²) < 4.78 is 5.15. The van der Waals surface area contributed by atoms with Crippen molar-refractivity contribution in [3.05, 3.63) is 34.9 Å². The molecule has 0 bridgehead atoms. The van der Waals surface area contributed by atoms with Crippen molar-refractivity contribution >= 4 is 53.3 Å². The molecule has 0 amide bonds. The van der Waals surface area contributed by atoms with Crippen LogP contribution in [0.15, 0.2) is 29.3 Å². The number of benzene rings is 1. The van der Waals surface area contributed by atoms with Gasteiger partial charge in [-0.15, -0.1) is 24.0 Å². The summed E-state index contributed by atoms with van der Waals surface area (Å²) in [5, 5.41) is 7.65. The van der Waals surface area contributed by atoms with Crippen LogP contribution in [0.25, 0.3) is 0 Å². The molecule has 1 aromatic carbocycles. The largest absolute Gasteiger partial charge is 0.383 e. The molecule has 2 atom stereocenters. The highest BCUT2D eigenvalue weighted by Crippen LogP contribution is 2.28. The Labute approximate surface area is 166 Å². The highest BCUT2D eigenvalue weighted by Gasteiger charge is 2.11. The monoisotopic (exact) mass is 471 g/mol. The van der Waals surface area contributed by atoms with Crippen LogP contribution in [0.2, 0.25) is 5.02 Å². The minimum atomic E-state index is 0. The van der Waals surface area contributed by atoms with Crippen LogP contribution in [-0.4, -0.2) is 45.1 Å². The van der Waals surface area contributed by atoms with Gasteiger partial charge in [0.15, 0.2) is 5.96 Å². The summed E-state index contributed by atoms with van der Waals surface area (Å²) >= 11 is 7.85. The molecule has 2 unspecified atom stereocenters. The molecule has 4 nitrogen and oxygen atoms in total. The summed E-state index contributed by atoms with van der Waals surface area (Å²) in [5.41, 5.74) is 1.20. The van der Waals surface area contributed by atoms with Crippen molar-refractivity contribution in [2.24, 2.45) is 4.99 Å². The molecule has 132 valence electrons. The normalized spacial score (nSPS) is 13.9. The molecular weight excluding hydrogens is 445 g/mol. The first-order chi connectivity index (χ1) is 10.6. The average Bonchev–Trinajstić information content (AvgIpc) is 2.48. The van der Waals surface area contributed by atoms with Gasteiger partial charge in [-0.05, 0) is 37.8 Å². The lowest BCUT2D eigenvalue weighted by Gasteiger charge is -2.18. The van der Waals surface area contributed by atoms with E-state index in [2.05, 4.69) is 41.8 Å². The maximum Gasteiger partial charge on any atom is 0.191 e. The first kappa shape index (κ1) is 22.8. The number of methoxy groups -OCH3 is 1. The van der Waals surface area contributed by atoms with Gasteiger partial charge < -0.3 is 15.4 Å². The molecule has 0 aliphatic carbocycles. The van der Waals surface area contributed by atoms with Gasteiger partial charge in [0.25, 0.3) is 0 Å². The summed E-state index contributed by atoms with van der Waals surface area (Å²) in [5.74, 6) is 0.813. The van der Waals surface area contributed by atoms with E-state index < -0.39 is 0 Å². The van der Waals surface area contributed by atoms with Crippen molar-refractivity contribution in [2.45, 2.75) is 25.1 Å². The standard InChI is InChI=1S/C16H26ClN3OS.HI/c1-5-18-16(20-12(2)11-21-3)19-10-15(22-4)13-7-6-8-14(17)9-13;/h6-9,12,15H,5,10-11H2,1-4H3,(H2,18,19,20);1H. The molecule has 0 saturated heterocycles. The molecule has 7 heteroatoms. The zero-order valence-corrected chi connectivity index (χ0v) is 18.0. The number of halogens is 2. The number of rotatable bonds is 8. The number of ether oxygens (including phenoxy) is 1. The number of hydrogen-bond donors (Lipinski definition) is 2. The molecule has 23 heavy (non-hydrogen) atoms. The van der Waals surface area contributed by atoms with Crippen LogP contribution in [0, 0.1) is 0 Å². The fourth-order valence-electron chi connectivity index (χ4n) is 2.04. The van der Waals surface area contributed by atoms with E-state index in [1.165, 1.54) is 5.56 Å². The second kappa shape index (κ2) is 13.1. The maximum absolute atomic E-state index is 6.08. The van der Waals surface area contributed by atoms with Crippen molar-refractivity contribution in [1.29, 1.82) is 0 Å². The Hall–Kier alpha value is -0.180. The lowest BCUT2D eigenvalue weighted by molar-refractivity contribution is 0.179. The highest BCUT2D eigenvalue weighted by molar-refractivity contribution is 14.0. The molecule has 1 aromatic rings. The second-order valence-electron chi connectivity index (χ2n) is 5.00. The average molecular weight is 472 g/mol. The van der Waals surface area contributed by atoms with Crippen LogP contribution in [-0.2, 0) is 4.74 Å². The maximum atomic E-state index is 6.08. The van der Waals surface area contributed by atoms with E-state index in [9.17, 15) is 0 Å². The van der Waals surface area contributed by atoms with E-state index in [4.69, 9.17) is 16.3 Å². The third-order valence-corrected chi connectivity index (χ3v) is 4.29. The molecule has 0 radical (unpaired) electrons. The van der Waals surface area contributed by atoms with E-state index in [0.717, 1.165) is 17.5 Å². The Balaban J connectivity index is 0.00000484. The summed E-state index contributed by atoms with van der Waals surface area (Å²) in [4.78, 5) is 4.69. The molecule has 2 N–H and O–H groups in total. The molecule has 1 rings (SSSR count). The molecule has 0 fully saturated rings. The number of hydrogen-bond acceptors (Lipinski definition) is 3. The highest BCUT2D eigenvalue weighted by atomic mass is 127. The number of aliphatic imine (C=N–C) groups is 1. The molecule has 0 saturated carbocycles. The Bertz CT molecular complexity index is 476. The van der Waals surface area contributed by atoms with Crippen LogP contribution in [0.4, 0.5) is 0 Å². The number of guanidine groups is 1. The van der Waals surface area contributed by atoms with Gasteiger partial charge in [0.05, 0.1) is 13.2 Å². The van der Waals surface area contributed by atoms with Crippen LogP contribution in [0.3, 0.4) is 0 Å². The first-order valence-electron chi connectivity index (χ1n) is 7.42. The van der Waals surface area contributed by atoms with Crippen LogP contribution >= 0.6 is 47.3 Å². The van der Waals surface area contributed by atoms with E-state index in [1.807, 2.05) is 18.2 Å². The fraction of sp³-hybridized carbons (Fsp3) is 0.562. The van der Waals surface area contributed by atoms with Crippen molar-refractivity contribution < 1.29 is 4.74 Å². The second-order valence-corrected chi connectivity index (χ2v) is 6.48. The van der Waals surface area contributed by atoms with Gasteiger partial charge in [-0.2, -0.15) is 11.8 Å². The predicted molar refractivity (Wildman–Crippen MR) is 114 cm³/mol. The predicted octanol–water partition coefficient (Wildman–Crippen LogP) is 3.95. The van der Waals surface area contributed by atoms with Crippen LogP contribution < -0.4 is 10.6 Å². The Kier molecular flexibility index (Phi) is 13.0. The molecule has 0 aromatic heterocycles. The van der Waals surface area contributed by atoms with Gasteiger partial charge >= 0.3 is 0 Å². The summed E-state index contributed by atoms with van der Waals surface area (Å²) in [6.45, 7) is 6.29. The zero-order chi connectivity index (χ0) is 16.4. The van der Waals surface area contributed by atoms with Gasteiger partial charge in [0.2, 0.25) is 0 Å². The quantitative estimate of drug-likeness (QED) is 0.342. The minimum Gasteiger partial charge on any atom is -0.383 e. The molecule has 0 aliphatic heterocycles. The number of nitrogens with zero attached hydrogens (tertiary/aromatic N) is 1. The molecule has 0 aliphatic rings. The molecular formula is C16H27ClIN3OS. The van der Waals surface area contributed by atoms with Gasteiger partial charge in [0, 0.05) is 30.0 Å². The van der Waals surface area contributed by atoms with E-state index in [0.29, 0.717) is 13.2 Å². The Morgan fingerprint density at radius 2 is 2.17 bits per heavy atom. The van der Waals surface area contributed by atoms with Gasteiger partial charge in [-0.25, -0.2) is 0 Å². The van der Waals surface area contributed by atoms with E-state index in [1.54, 1.807) is 18.9 Å². The Morgan fingerprint density at radius 3 is 2.74 bits per heavy atom. The molecule has 0 spiro atoms. The minimum absolute atomic E-state index is 0. The van der Waals surface area contributed by atoms with Crippen molar-refractivity contribution in [2.75, 3.05) is 33.1 Å². The summed E-state index contributed by atoms with van der Waals surface area (Å²) in [7, 11) is 1.70. The Morgan fingerprint density at radius 1 is 1.43 bits per heavy atom. The van der Waals surface area contributed by atoms with Crippen molar-refractivity contribution in [3.63, 3.8) is 0 Å². The summed E-state index contributed by atoms with van der Waals surface area (Å²) in [6, 6.07) is 8.18. The van der Waals surface area contributed by atoms with Gasteiger partial charge in [-0.1, -0.05) is 23.7 Å². The first-order valence-corrected chi connectivity index (χ1v) is 9.09. The van der Waals surface area contributed by atoms with Crippen molar-refractivity contribution in [1.82, 2.24) is 10.6 Å². The third-order valence-electron chi connectivity index (χ3n) is 3.06. The van der Waals surface area contributed by atoms with Crippen LogP contribution in [0.5, 0.6) is 0 Å². The number of thioether (sulfide) groups is 1. The lowest BCUT2D eigenvalue weighted by atomic mass is 10.1. The van der Waals surface area contributed by atoms with Gasteiger partial charge in [0.1, 0.15) is 0 Å². The van der Waals surface area contributed by atoms with Gasteiger partial charge in [-0.3, -0.25) is 4.99 Å². The fourth-order valence-corrected chi connectivity index (χ4v) is 2.88. The lowest BCUT2D eigenvalue weighted by Crippen LogP contribution is -2.44. The topological polar surface area (TPSA) is 45.7 Å². The zero-order valence-electron chi connectivity index (χ0n) is 14.1. The van der Waals surface area contributed by atoms with Crippen molar-refractivity contribution in [3.8, 4) is 0 Å². The van der Waals surface area contributed by atoms with Crippen LogP contribution in [0.1, 0.15) is 24.7 Å². The SMILES string of the molecule is CCNC(=NCC(SC)c1cccc(Cl)c1)NC(C)COC.I.